The molecule has 1 aliphatic rings. The molecule has 2 amide bonds. The number of rotatable bonds is 8. The Morgan fingerprint density at radius 2 is 1.97 bits per heavy atom. The number of hydrogen-bond donors (Lipinski definition) is 1. The molecule has 0 aromatic heterocycles. The summed E-state index contributed by atoms with van der Waals surface area (Å²) in [4.78, 5) is 27.5. The first-order valence-corrected chi connectivity index (χ1v) is 10.7. The summed E-state index contributed by atoms with van der Waals surface area (Å²) in [5.74, 6) is 0.446. The number of nitrogens with zero attached hydrogens (tertiary/aromatic N) is 1. The molecule has 1 saturated heterocycles. The van der Waals surface area contributed by atoms with Gasteiger partial charge in [0, 0.05) is 38.4 Å². The lowest BCUT2D eigenvalue weighted by molar-refractivity contribution is -0.126. The molecular formula is C24H32N2O3. The highest BCUT2D eigenvalue weighted by atomic mass is 16.5. The zero-order chi connectivity index (χ0) is 20.6. The Bertz CT molecular complexity index is 828. The summed E-state index contributed by atoms with van der Waals surface area (Å²) < 4.78 is 5.55. The molecule has 1 atom stereocenters. The first kappa shape index (κ1) is 21.3. The van der Waals surface area contributed by atoms with Gasteiger partial charge in [-0.1, -0.05) is 50.2 Å². The van der Waals surface area contributed by atoms with Crippen LogP contribution in [-0.2, 0) is 9.53 Å². The van der Waals surface area contributed by atoms with Gasteiger partial charge in [0.05, 0.1) is 5.92 Å². The molecule has 0 bridgehead atoms. The Morgan fingerprint density at radius 1 is 1.17 bits per heavy atom. The molecule has 1 fully saturated rings. The maximum atomic E-state index is 13.1. The van der Waals surface area contributed by atoms with Crippen molar-refractivity contribution >= 4 is 22.6 Å². The minimum Gasteiger partial charge on any atom is -0.381 e. The SMILES string of the molecule is CC(C)COCCCNC(=O)C1CCCN(C(=O)c2cccc3ccccc23)C1. The van der Waals surface area contributed by atoms with Crippen molar-refractivity contribution in [2.45, 2.75) is 33.1 Å². The fourth-order valence-corrected chi connectivity index (χ4v) is 3.81. The summed E-state index contributed by atoms with van der Waals surface area (Å²) in [6.07, 6.45) is 2.49. The largest absolute Gasteiger partial charge is 0.381 e. The summed E-state index contributed by atoms with van der Waals surface area (Å²) in [5, 5.41) is 5.04. The molecule has 1 unspecified atom stereocenters. The summed E-state index contributed by atoms with van der Waals surface area (Å²) in [6.45, 7) is 7.46. The predicted molar refractivity (Wildman–Crippen MR) is 116 cm³/mol. The second-order valence-corrected chi connectivity index (χ2v) is 8.23. The Balaban J connectivity index is 1.53. The second-order valence-electron chi connectivity index (χ2n) is 8.23. The molecule has 1 aliphatic heterocycles. The van der Waals surface area contributed by atoms with E-state index in [2.05, 4.69) is 19.2 Å². The van der Waals surface area contributed by atoms with E-state index in [4.69, 9.17) is 4.74 Å². The summed E-state index contributed by atoms with van der Waals surface area (Å²) in [7, 11) is 0. The monoisotopic (exact) mass is 396 g/mol. The molecule has 3 rings (SSSR count). The van der Waals surface area contributed by atoms with E-state index in [9.17, 15) is 9.59 Å². The van der Waals surface area contributed by atoms with E-state index in [1.807, 2.05) is 47.4 Å². The molecule has 0 spiro atoms. The normalized spacial score (nSPS) is 16.9. The first-order chi connectivity index (χ1) is 14.1. The van der Waals surface area contributed by atoms with Crippen molar-refractivity contribution in [3.05, 3.63) is 48.0 Å². The lowest BCUT2D eigenvalue weighted by atomic mass is 9.95. The highest BCUT2D eigenvalue weighted by Crippen LogP contribution is 2.23. The predicted octanol–water partition coefficient (Wildman–Crippen LogP) is 3.87. The van der Waals surface area contributed by atoms with Crippen molar-refractivity contribution < 1.29 is 14.3 Å². The van der Waals surface area contributed by atoms with Crippen molar-refractivity contribution in [2.75, 3.05) is 32.8 Å². The average molecular weight is 397 g/mol. The lowest BCUT2D eigenvalue weighted by Gasteiger charge is -2.32. The first-order valence-electron chi connectivity index (χ1n) is 10.7. The topological polar surface area (TPSA) is 58.6 Å². The number of benzene rings is 2. The molecule has 5 heteroatoms. The quantitative estimate of drug-likeness (QED) is 0.689. The van der Waals surface area contributed by atoms with Crippen LogP contribution in [0.4, 0.5) is 0 Å². The number of hydrogen-bond acceptors (Lipinski definition) is 3. The zero-order valence-corrected chi connectivity index (χ0v) is 17.5. The van der Waals surface area contributed by atoms with E-state index < -0.39 is 0 Å². The van der Waals surface area contributed by atoms with Gasteiger partial charge in [-0.2, -0.15) is 0 Å². The smallest absolute Gasteiger partial charge is 0.254 e. The highest BCUT2D eigenvalue weighted by Gasteiger charge is 2.29. The standard InChI is InChI=1S/C24H32N2O3/c1-18(2)17-29-15-7-13-25-23(27)20-10-6-14-26(16-20)24(28)22-12-5-9-19-8-3-4-11-21(19)22/h3-5,8-9,11-12,18,20H,6-7,10,13-17H2,1-2H3,(H,25,27). The van der Waals surface area contributed by atoms with Gasteiger partial charge in [-0.05, 0) is 42.0 Å². The molecule has 2 aromatic carbocycles. The number of ether oxygens (including phenoxy) is 1. The Hall–Kier alpha value is -2.40. The van der Waals surface area contributed by atoms with Gasteiger partial charge in [-0.25, -0.2) is 0 Å². The number of likely N-dealkylation sites (tertiary alicyclic amines) is 1. The van der Waals surface area contributed by atoms with Gasteiger partial charge in [0.15, 0.2) is 0 Å². The third-order valence-corrected chi connectivity index (χ3v) is 5.32. The molecule has 5 nitrogen and oxygen atoms in total. The Labute approximate surface area is 173 Å². The van der Waals surface area contributed by atoms with Crippen LogP contribution in [0.15, 0.2) is 42.5 Å². The van der Waals surface area contributed by atoms with Crippen LogP contribution >= 0.6 is 0 Å². The van der Waals surface area contributed by atoms with Crippen molar-refractivity contribution in [3.8, 4) is 0 Å². The maximum Gasteiger partial charge on any atom is 0.254 e. The van der Waals surface area contributed by atoms with Crippen LogP contribution in [0.3, 0.4) is 0 Å². The number of carbonyl (C=O) groups excluding carboxylic acids is 2. The van der Waals surface area contributed by atoms with Crippen LogP contribution in [0.1, 0.15) is 43.5 Å². The average Bonchev–Trinajstić information content (AvgIpc) is 2.75. The van der Waals surface area contributed by atoms with E-state index in [0.717, 1.165) is 36.6 Å². The van der Waals surface area contributed by atoms with Crippen LogP contribution in [0, 0.1) is 11.8 Å². The van der Waals surface area contributed by atoms with E-state index in [1.165, 1.54) is 0 Å². The highest BCUT2D eigenvalue weighted by molar-refractivity contribution is 6.07. The molecule has 29 heavy (non-hydrogen) atoms. The van der Waals surface area contributed by atoms with E-state index in [0.29, 0.717) is 37.7 Å². The summed E-state index contributed by atoms with van der Waals surface area (Å²) in [5.41, 5.74) is 0.714. The van der Waals surface area contributed by atoms with Crippen molar-refractivity contribution in [2.24, 2.45) is 11.8 Å². The summed E-state index contributed by atoms with van der Waals surface area (Å²) >= 11 is 0. The summed E-state index contributed by atoms with van der Waals surface area (Å²) in [6, 6.07) is 13.8. The fraction of sp³-hybridized carbons (Fsp3) is 0.500. The van der Waals surface area contributed by atoms with Crippen LogP contribution in [0.5, 0.6) is 0 Å². The van der Waals surface area contributed by atoms with E-state index >= 15 is 0 Å². The minimum absolute atomic E-state index is 0.0152. The maximum absolute atomic E-state index is 13.1. The Morgan fingerprint density at radius 3 is 2.79 bits per heavy atom. The van der Waals surface area contributed by atoms with Crippen LogP contribution in [-0.4, -0.2) is 49.6 Å². The van der Waals surface area contributed by atoms with Crippen LogP contribution < -0.4 is 5.32 Å². The Kier molecular flexibility index (Phi) is 7.64. The van der Waals surface area contributed by atoms with Gasteiger partial charge in [0.2, 0.25) is 5.91 Å². The van der Waals surface area contributed by atoms with Crippen molar-refractivity contribution in [3.63, 3.8) is 0 Å². The molecule has 156 valence electrons. The number of amides is 2. The van der Waals surface area contributed by atoms with Gasteiger partial charge >= 0.3 is 0 Å². The number of fused-ring (bicyclic) bond motifs is 1. The molecular weight excluding hydrogens is 364 g/mol. The van der Waals surface area contributed by atoms with Crippen molar-refractivity contribution in [1.29, 1.82) is 0 Å². The molecule has 1 heterocycles. The van der Waals surface area contributed by atoms with Gasteiger partial charge < -0.3 is 15.0 Å². The third kappa shape index (κ3) is 5.80. The van der Waals surface area contributed by atoms with E-state index in [-0.39, 0.29) is 17.7 Å². The lowest BCUT2D eigenvalue weighted by Crippen LogP contribution is -2.45. The van der Waals surface area contributed by atoms with Gasteiger partial charge in [-0.15, -0.1) is 0 Å². The molecule has 0 radical (unpaired) electrons. The van der Waals surface area contributed by atoms with E-state index in [1.54, 1.807) is 0 Å². The van der Waals surface area contributed by atoms with Gasteiger partial charge in [0.1, 0.15) is 0 Å². The molecule has 1 N–H and O–H groups in total. The molecule has 0 aliphatic carbocycles. The van der Waals surface area contributed by atoms with Crippen molar-refractivity contribution in [1.82, 2.24) is 10.2 Å². The number of nitrogens with one attached hydrogen (secondary N) is 1. The number of carbonyl (C=O) groups is 2. The van der Waals surface area contributed by atoms with Gasteiger partial charge in [0.25, 0.3) is 5.91 Å². The minimum atomic E-state index is -0.140. The third-order valence-electron chi connectivity index (χ3n) is 5.32. The van der Waals surface area contributed by atoms with Crippen LogP contribution in [0.25, 0.3) is 10.8 Å². The fourth-order valence-electron chi connectivity index (χ4n) is 3.81. The number of piperidine rings is 1. The van der Waals surface area contributed by atoms with Gasteiger partial charge in [-0.3, -0.25) is 9.59 Å². The molecule has 0 saturated carbocycles. The second kappa shape index (κ2) is 10.4. The molecule has 2 aromatic rings. The van der Waals surface area contributed by atoms with Crippen LogP contribution in [0.2, 0.25) is 0 Å². The zero-order valence-electron chi connectivity index (χ0n) is 17.5.